The van der Waals surface area contributed by atoms with E-state index in [0.29, 0.717) is 6.54 Å². The molecule has 1 unspecified atom stereocenters. The summed E-state index contributed by atoms with van der Waals surface area (Å²) in [5.41, 5.74) is 4.47. The Bertz CT molecular complexity index is 849. The molecule has 1 N–H and O–H groups in total. The van der Waals surface area contributed by atoms with Gasteiger partial charge in [-0.25, -0.2) is 4.98 Å². The number of nitrogens with zero attached hydrogens (tertiary/aromatic N) is 2. The van der Waals surface area contributed by atoms with Crippen LogP contribution in [0, 0.1) is 12.8 Å². The highest BCUT2D eigenvalue weighted by Gasteiger charge is 2.28. The molecule has 3 aromatic rings. The van der Waals surface area contributed by atoms with Gasteiger partial charge in [0.2, 0.25) is 5.91 Å². The van der Waals surface area contributed by atoms with Gasteiger partial charge in [0, 0.05) is 24.2 Å². The second kappa shape index (κ2) is 5.57. The molecule has 0 saturated heterocycles. The molecule has 4 rings (SSSR count). The van der Waals surface area contributed by atoms with E-state index in [9.17, 15) is 4.79 Å². The number of imidazole rings is 1. The fraction of sp³-hybridized carbons (Fsp3) is 0.333. The predicted molar refractivity (Wildman–Crippen MR) is 86.0 cm³/mol. The van der Waals surface area contributed by atoms with E-state index in [1.807, 2.05) is 18.2 Å². The molecule has 0 fully saturated rings. The zero-order chi connectivity index (χ0) is 15.8. The van der Waals surface area contributed by atoms with Crippen molar-refractivity contribution in [3.63, 3.8) is 0 Å². The van der Waals surface area contributed by atoms with Crippen LogP contribution in [0.3, 0.4) is 0 Å². The van der Waals surface area contributed by atoms with E-state index in [4.69, 9.17) is 9.40 Å². The van der Waals surface area contributed by atoms with Crippen LogP contribution >= 0.6 is 0 Å². The SMILES string of the molecule is Cc1ccc2nc3c(n2c1)CC(C(=O)NCc1ccco1)CC3. The number of furan rings is 1. The largest absolute Gasteiger partial charge is 0.467 e. The van der Waals surface area contributed by atoms with Crippen molar-refractivity contribution in [2.45, 2.75) is 32.7 Å². The quantitative estimate of drug-likeness (QED) is 0.809. The fourth-order valence-electron chi connectivity index (χ4n) is 3.27. The molecule has 0 saturated carbocycles. The first-order chi connectivity index (χ1) is 11.2. The molecule has 0 bridgehead atoms. The molecular weight excluding hydrogens is 290 g/mol. The van der Waals surface area contributed by atoms with Crippen molar-refractivity contribution in [2.75, 3.05) is 0 Å². The number of amides is 1. The van der Waals surface area contributed by atoms with Crippen LogP contribution in [0.5, 0.6) is 0 Å². The van der Waals surface area contributed by atoms with Crippen LogP contribution in [-0.4, -0.2) is 15.3 Å². The standard InChI is InChI=1S/C18H19N3O2/c1-12-4-7-17-20-15-6-5-13(9-16(15)21(17)11-12)18(22)19-10-14-3-2-8-23-14/h2-4,7-8,11,13H,5-6,9-10H2,1H3,(H,19,22). The first-order valence-electron chi connectivity index (χ1n) is 7.97. The minimum atomic E-state index is -0.00197. The molecule has 3 heterocycles. The molecule has 0 spiro atoms. The lowest BCUT2D eigenvalue weighted by atomic mass is 9.89. The number of carbonyl (C=O) groups is 1. The topological polar surface area (TPSA) is 59.5 Å². The number of rotatable bonds is 3. The summed E-state index contributed by atoms with van der Waals surface area (Å²) in [6, 6.07) is 7.81. The van der Waals surface area contributed by atoms with Gasteiger partial charge in [-0.1, -0.05) is 6.07 Å². The molecule has 5 nitrogen and oxygen atoms in total. The molecule has 5 heteroatoms. The van der Waals surface area contributed by atoms with Gasteiger partial charge in [-0.05, 0) is 43.5 Å². The van der Waals surface area contributed by atoms with Crippen LogP contribution in [-0.2, 0) is 24.2 Å². The van der Waals surface area contributed by atoms with Crippen LogP contribution in [0.2, 0.25) is 0 Å². The van der Waals surface area contributed by atoms with E-state index in [1.54, 1.807) is 6.26 Å². The Labute approximate surface area is 134 Å². The molecular formula is C18H19N3O2. The first-order valence-corrected chi connectivity index (χ1v) is 7.97. The number of aryl methyl sites for hydroxylation is 2. The van der Waals surface area contributed by atoms with E-state index < -0.39 is 0 Å². The number of carbonyl (C=O) groups excluding carboxylic acids is 1. The number of pyridine rings is 1. The Morgan fingerprint density at radius 1 is 1.43 bits per heavy atom. The molecule has 3 aromatic heterocycles. The number of nitrogens with one attached hydrogen (secondary N) is 1. The van der Waals surface area contributed by atoms with Crippen LogP contribution in [0.15, 0.2) is 41.1 Å². The summed E-state index contributed by atoms with van der Waals surface area (Å²) >= 11 is 0. The van der Waals surface area contributed by atoms with Gasteiger partial charge in [0.1, 0.15) is 11.4 Å². The average Bonchev–Trinajstić information content (AvgIpc) is 3.19. The second-order valence-corrected chi connectivity index (χ2v) is 6.18. The molecule has 0 radical (unpaired) electrons. The van der Waals surface area contributed by atoms with Crippen molar-refractivity contribution >= 4 is 11.6 Å². The maximum Gasteiger partial charge on any atom is 0.223 e. The summed E-state index contributed by atoms with van der Waals surface area (Å²) in [6.45, 7) is 2.52. The van der Waals surface area contributed by atoms with Crippen molar-refractivity contribution in [3.8, 4) is 0 Å². The Kier molecular flexibility index (Phi) is 3.41. The van der Waals surface area contributed by atoms with E-state index in [0.717, 1.165) is 36.4 Å². The number of fused-ring (bicyclic) bond motifs is 3. The Balaban J connectivity index is 1.52. The van der Waals surface area contributed by atoms with Crippen molar-refractivity contribution in [3.05, 3.63) is 59.4 Å². The van der Waals surface area contributed by atoms with Gasteiger partial charge < -0.3 is 14.1 Å². The highest BCUT2D eigenvalue weighted by molar-refractivity contribution is 5.79. The Morgan fingerprint density at radius 2 is 2.35 bits per heavy atom. The maximum absolute atomic E-state index is 12.4. The van der Waals surface area contributed by atoms with Gasteiger partial charge >= 0.3 is 0 Å². The van der Waals surface area contributed by atoms with Crippen LogP contribution in [0.25, 0.3) is 5.65 Å². The third-order valence-electron chi connectivity index (χ3n) is 4.51. The molecule has 1 atom stereocenters. The smallest absolute Gasteiger partial charge is 0.223 e. The van der Waals surface area contributed by atoms with Crippen molar-refractivity contribution in [1.29, 1.82) is 0 Å². The molecule has 1 aliphatic carbocycles. The normalized spacial score (nSPS) is 17.2. The van der Waals surface area contributed by atoms with Gasteiger partial charge in [-0.3, -0.25) is 4.79 Å². The van der Waals surface area contributed by atoms with Crippen molar-refractivity contribution < 1.29 is 9.21 Å². The summed E-state index contributed by atoms with van der Waals surface area (Å²) in [4.78, 5) is 17.1. The molecule has 23 heavy (non-hydrogen) atoms. The Hall–Kier alpha value is -2.56. The predicted octanol–water partition coefficient (Wildman–Crippen LogP) is 2.66. The monoisotopic (exact) mass is 309 g/mol. The van der Waals surface area contributed by atoms with Crippen molar-refractivity contribution in [1.82, 2.24) is 14.7 Å². The lowest BCUT2D eigenvalue weighted by Crippen LogP contribution is -2.33. The van der Waals surface area contributed by atoms with Gasteiger partial charge in [0.15, 0.2) is 0 Å². The second-order valence-electron chi connectivity index (χ2n) is 6.18. The minimum absolute atomic E-state index is 0.00197. The van der Waals surface area contributed by atoms with E-state index in [-0.39, 0.29) is 11.8 Å². The van der Waals surface area contributed by atoms with Crippen LogP contribution in [0.4, 0.5) is 0 Å². The van der Waals surface area contributed by atoms with Gasteiger partial charge in [-0.15, -0.1) is 0 Å². The van der Waals surface area contributed by atoms with E-state index >= 15 is 0 Å². The maximum atomic E-state index is 12.4. The number of hydrogen-bond acceptors (Lipinski definition) is 3. The number of aromatic nitrogens is 2. The molecule has 118 valence electrons. The van der Waals surface area contributed by atoms with Gasteiger partial charge in [0.05, 0.1) is 18.5 Å². The van der Waals surface area contributed by atoms with Gasteiger partial charge in [-0.2, -0.15) is 0 Å². The highest BCUT2D eigenvalue weighted by Crippen LogP contribution is 2.27. The fourth-order valence-corrected chi connectivity index (χ4v) is 3.27. The summed E-state index contributed by atoms with van der Waals surface area (Å²) in [5.74, 6) is 0.868. The third kappa shape index (κ3) is 2.63. The van der Waals surface area contributed by atoms with Crippen LogP contribution in [0.1, 0.15) is 29.1 Å². The zero-order valence-electron chi connectivity index (χ0n) is 13.1. The molecule has 1 aliphatic rings. The first kappa shape index (κ1) is 14.1. The third-order valence-corrected chi connectivity index (χ3v) is 4.51. The summed E-state index contributed by atoms with van der Waals surface area (Å²) in [7, 11) is 0. The lowest BCUT2D eigenvalue weighted by molar-refractivity contribution is -0.125. The van der Waals surface area contributed by atoms with E-state index in [2.05, 4.69) is 28.9 Å². The van der Waals surface area contributed by atoms with E-state index in [1.165, 1.54) is 11.3 Å². The van der Waals surface area contributed by atoms with Crippen LogP contribution < -0.4 is 5.32 Å². The summed E-state index contributed by atoms with van der Waals surface area (Å²) in [6.07, 6.45) is 6.16. The summed E-state index contributed by atoms with van der Waals surface area (Å²) in [5, 5.41) is 2.97. The lowest BCUT2D eigenvalue weighted by Gasteiger charge is -2.21. The minimum Gasteiger partial charge on any atom is -0.467 e. The zero-order valence-corrected chi connectivity index (χ0v) is 13.1. The molecule has 1 amide bonds. The van der Waals surface area contributed by atoms with Crippen molar-refractivity contribution in [2.24, 2.45) is 5.92 Å². The molecule has 0 aromatic carbocycles. The highest BCUT2D eigenvalue weighted by atomic mass is 16.3. The Morgan fingerprint density at radius 3 is 3.17 bits per heavy atom. The summed E-state index contributed by atoms with van der Waals surface area (Å²) < 4.78 is 7.39. The molecule has 0 aliphatic heterocycles. The number of hydrogen-bond donors (Lipinski definition) is 1. The van der Waals surface area contributed by atoms with Gasteiger partial charge in [0.25, 0.3) is 0 Å². The average molecular weight is 309 g/mol.